The molecule has 0 atom stereocenters. The van der Waals surface area contributed by atoms with Crippen LogP contribution in [0, 0.1) is 20.8 Å². The second-order valence-electron chi connectivity index (χ2n) is 6.28. The predicted molar refractivity (Wildman–Crippen MR) is 107 cm³/mol. The first-order valence-corrected chi connectivity index (χ1v) is 9.40. The molecule has 1 N–H and O–H groups in total. The number of nitrogens with one attached hydrogen (secondary N) is 1. The second-order valence-corrected chi connectivity index (χ2v) is 7.23. The summed E-state index contributed by atoms with van der Waals surface area (Å²) >= 11 is 1.51. The summed E-state index contributed by atoms with van der Waals surface area (Å²) in [7, 11) is 1.73. The number of aromatic nitrogens is 3. The SMILES string of the molecule is Cc1ccccc1CSc1nnc(Nc2cccc(C)c2C)c(=O)n1C. The molecular weight excluding hydrogens is 344 g/mol. The first-order chi connectivity index (χ1) is 12.5. The van der Waals surface area contributed by atoms with Gasteiger partial charge in [0.15, 0.2) is 5.16 Å². The summed E-state index contributed by atoms with van der Waals surface area (Å²) in [5.74, 6) is 0.986. The number of rotatable bonds is 5. The van der Waals surface area contributed by atoms with Crippen molar-refractivity contribution in [2.75, 3.05) is 5.32 Å². The Kier molecular flexibility index (Phi) is 5.42. The molecule has 3 rings (SSSR count). The van der Waals surface area contributed by atoms with Crippen molar-refractivity contribution in [3.63, 3.8) is 0 Å². The summed E-state index contributed by atoms with van der Waals surface area (Å²) in [6.07, 6.45) is 0. The number of hydrogen-bond acceptors (Lipinski definition) is 5. The maximum atomic E-state index is 12.7. The van der Waals surface area contributed by atoms with Crippen LogP contribution in [0.25, 0.3) is 0 Å². The van der Waals surface area contributed by atoms with Gasteiger partial charge in [-0.3, -0.25) is 9.36 Å². The molecule has 0 bridgehead atoms. The Morgan fingerprint density at radius 3 is 2.50 bits per heavy atom. The van der Waals surface area contributed by atoms with Gasteiger partial charge in [-0.2, -0.15) is 0 Å². The Bertz CT molecular complexity index is 997. The molecule has 0 aliphatic carbocycles. The van der Waals surface area contributed by atoms with E-state index in [1.165, 1.54) is 22.9 Å². The van der Waals surface area contributed by atoms with E-state index >= 15 is 0 Å². The van der Waals surface area contributed by atoms with Crippen molar-refractivity contribution in [3.05, 3.63) is 75.1 Å². The Balaban J connectivity index is 1.81. The molecule has 0 fully saturated rings. The molecule has 2 aromatic carbocycles. The lowest BCUT2D eigenvalue weighted by molar-refractivity contribution is 0.666. The summed E-state index contributed by atoms with van der Waals surface area (Å²) in [5.41, 5.74) is 5.39. The summed E-state index contributed by atoms with van der Waals surface area (Å²) in [6, 6.07) is 14.1. The maximum absolute atomic E-state index is 12.7. The van der Waals surface area contributed by atoms with Crippen molar-refractivity contribution in [2.24, 2.45) is 7.05 Å². The Hall–Kier alpha value is -2.60. The topological polar surface area (TPSA) is 59.8 Å². The average molecular weight is 366 g/mol. The van der Waals surface area contributed by atoms with E-state index in [9.17, 15) is 4.79 Å². The molecule has 0 unspecified atom stereocenters. The van der Waals surface area contributed by atoms with Gasteiger partial charge >= 0.3 is 0 Å². The van der Waals surface area contributed by atoms with Gasteiger partial charge in [0.1, 0.15) is 0 Å². The summed E-state index contributed by atoms with van der Waals surface area (Å²) < 4.78 is 1.55. The molecule has 26 heavy (non-hydrogen) atoms. The van der Waals surface area contributed by atoms with Crippen LogP contribution in [-0.4, -0.2) is 14.8 Å². The molecule has 6 heteroatoms. The zero-order chi connectivity index (χ0) is 18.7. The summed E-state index contributed by atoms with van der Waals surface area (Å²) in [6.45, 7) is 6.13. The van der Waals surface area contributed by atoms with Crippen molar-refractivity contribution >= 4 is 23.3 Å². The zero-order valence-corrected chi connectivity index (χ0v) is 16.2. The zero-order valence-electron chi connectivity index (χ0n) is 15.4. The largest absolute Gasteiger partial charge is 0.334 e. The van der Waals surface area contributed by atoms with Gasteiger partial charge in [0.2, 0.25) is 5.82 Å². The second kappa shape index (κ2) is 7.74. The monoisotopic (exact) mass is 366 g/mol. The smallest absolute Gasteiger partial charge is 0.297 e. The van der Waals surface area contributed by atoms with Crippen LogP contribution in [0.3, 0.4) is 0 Å². The lowest BCUT2D eigenvalue weighted by Gasteiger charge is -2.12. The molecule has 0 amide bonds. The highest BCUT2D eigenvalue weighted by Crippen LogP contribution is 2.23. The van der Waals surface area contributed by atoms with E-state index < -0.39 is 0 Å². The first kappa shape index (κ1) is 18.2. The average Bonchev–Trinajstić information content (AvgIpc) is 2.63. The van der Waals surface area contributed by atoms with E-state index in [4.69, 9.17) is 0 Å². The third kappa shape index (κ3) is 3.80. The van der Waals surface area contributed by atoms with Gasteiger partial charge in [-0.15, -0.1) is 10.2 Å². The number of hydrogen-bond donors (Lipinski definition) is 1. The van der Waals surface area contributed by atoms with Gasteiger partial charge in [-0.1, -0.05) is 48.2 Å². The third-order valence-corrected chi connectivity index (χ3v) is 5.57. The van der Waals surface area contributed by atoms with Crippen molar-refractivity contribution < 1.29 is 0 Å². The minimum Gasteiger partial charge on any atom is -0.334 e. The van der Waals surface area contributed by atoms with E-state index in [0.29, 0.717) is 5.16 Å². The number of thioether (sulfide) groups is 1. The molecule has 1 heterocycles. The van der Waals surface area contributed by atoms with Crippen LogP contribution >= 0.6 is 11.8 Å². The Morgan fingerprint density at radius 1 is 1.00 bits per heavy atom. The van der Waals surface area contributed by atoms with E-state index in [2.05, 4.69) is 34.6 Å². The Morgan fingerprint density at radius 2 is 1.73 bits per heavy atom. The maximum Gasteiger partial charge on any atom is 0.297 e. The third-order valence-electron chi connectivity index (χ3n) is 4.51. The molecule has 0 radical (unpaired) electrons. The van der Waals surface area contributed by atoms with E-state index in [1.54, 1.807) is 11.6 Å². The summed E-state index contributed by atoms with van der Waals surface area (Å²) in [5, 5.41) is 12.1. The Labute approximate surface area is 157 Å². The van der Waals surface area contributed by atoms with Crippen LogP contribution in [0.4, 0.5) is 11.5 Å². The van der Waals surface area contributed by atoms with Gasteiger partial charge in [0.25, 0.3) is 5.56 Å². The number of aryl methyl sites for hydroxylation is 2. The minimum absolute atomic E-state index is 0.187. The van der Waals surface area contributed by atoms with Crippen molar-refractivity contribution in [1.82, 2.24) is 14.8 Å². The lowest BCUT2D eigenvalue weighted by atomic mass is 10.1. The molecule has 1 aromatic heterocycles. The van der Waals surface area contributed by atoms with E-state index in [1.807, 2.05) is 44.2 Å². The summed E-state index contributed by atoms with van der Waals surface area (Å²) in [4.78, 5) is 12.7. The molecule has 0 saturated heterocycles. The first-order valence-electron chi connectivity index (χ1n) is 8.41. The molecule has 0 saturated carbocycles. The van der Waals surface area contributed by atoms with Crippen LogP contribution in [0.15, 0.2) is 52.4 Å². The van der Waals surface area contributed by atoms with Crippen LogP contribution in [0.2, 0.25) is 0 Å². The molecular formula is C20H22N4OS. The highest BCUT2D eigenvalue weighted by molar-refractivity contribution is 7.98. The van der Waals surface area contributed by atoms with Gasteiger partial charge in [-0.25, -0.2) is 0 Å². The fourth-order valence-corrected chi connectivity index (χ4v) is 3.56. The van der Waals surface area contributed by atoms with Gasteiger partial charge in [0.05, 0.1) is 0 Å². The fourth-order valence-electron chi connectivity index (χ4n) is 2.58. The van der Waals surface area contributed by atoms with Gasteiger partial charge in [-0.05, 0) is 49.1 Å². The molecule has 3 aromatic rings. The van der Waals surface area contributed by atoms with Gasteiger partial charge in [0, 0.05) is 18.5 Å². The van der Waals surface area contributed by atoms with Crippen LogP contribution in [-0.2, 0) is 12.8 Å². The molecule has 0 spiro atoms. The molecule has 5 nitrogen and oxygen atoms in total. The normalized spacial score (nSPS) is 10.8. The number of nitrogens with zero attached hydrogens (tertiary/aromatic N) is 3. The number of benzene rings is 2. The lowest BCUT2D eigenvalue weighted by Crippen LogP contribution is -2.24. The fraction of sp³-hybridized carbons (Fsp3) is 0.250. The van der Waals surface area contributed by atoms with Crippen LogP contribution < -0.4 is 10.9 Å². The quantitative estimate of drug-likeness (QED) is 0.688. The minimum atomic E-state index is -0.187. The van der Waals surface area contributed by atoms with Crippen LogP contribution in [0.1, 0.15) is 22.3 Å². The van der Waals surface area contributed by atoms with E-state index in [-0.39, 0.29) is 11.4 Å². The standard InChI is InChI=1S/C20H22N4OS/c1-13-9-7-11-17(15(13)3)21-18-19(25)24(4)20(23-22-18)26-12-16-10-6-5-8-14(16)2/h5-11H,12H2,1-4H3,(H,21,22). The molecule has 0 aliphatic heterocycles. The van der Waals surface area contributed by atoms with Crippen molar-refractivity contribution in [1.29, 1.82) is 0 Å². The van der Waals surface area contributed by atoms with Crippen molar-refractivity contribution in [3.8, 4) is 0 Å². The highest BCUT2D eigenvalue weighted by atomic mass is 32.2. The highest BCUT2D eigenvalue weighted by Gasteiger charge is 2.12. The predicted octanol–water partition coefficient (Wildman–Crippen LogP) is 4.14. The number of anilines is 2. The van der Waals surface area contributed by atoms with E-state index in [0.717, 1.165) is 22.6 Å². The van der Waals surface area contributed by atoms with Crippen molar-refractivity contribution in [2.45, 2.75) is 31.7 Å². The molecule has 134 valence electrons. The van der Waals surface area contributed by atoms with Crippen LogP contribution in [0.5, 0.6) is 0 Å². The molecule has 0 aliphatic rings. The van der Waals surface area contributed by atoms with Gasteiger partial charge < -0.3 is 5.32 Å².